The molecule has 148 valence electrons. The van der Waals surface area contributed by atoms with Crippen molar-refractivity contribution in [3.05, 3.63) is 71.3 Å². The van der Waals surface area contributed by atoms with Gasteiger partial charge in [-0.05, 0) is 36.6 Å². The molecule has 0 spiro atoms. The van der Waals surface area contributed by atoms with Crippen LogP contribution in [0.15, 0.2) is 54.6 Å². The van der Waals surface area contributed by atoms with Crippen molar-refractivity contribution >= 4 is 11.9 Å². The first-order chi connectivity index (χ1) is 13.4. The quantitative estimate of drug-likeness (QED) is 0.527. The molecule has 0 aliphatic rings. The van der Waals surface area contributed by atoms with Gasteiger partial charge >= 0.3 is 11.9 Å². The van der Waals surface area contributed by atoms with Gasteiger partial charge in [0.1, 0.15) is 0 Å². The van der Waals surface area contributed by atoms with Crippen molar-refractivity contribution in [2.45, 2.75) is 25.9 Å². The third-order valence-corrected chi connectivity index (χ3v) is 4.13. The zero-order valence-corrected chi connectivity index (χ0v) is 16.2. The molecule has 0 heterocycles. The first-order valence-corrected chi connectivity index (χ1v) is 8.79. The molecule has 0 aliphatic heterocycles. The van der Waals surface area contributed by atoms with E-state index in [2.05, 4.69) is 0 Å². The summed E-state index contributed by atoms with van der Waals surface area (Å²) in [4.78, 5) is 23.5. The first-order valence-electron chi connectivity index (χ1n) is 8.79. The monoisotopic (exact) mass is 384 g/mol. The number of carbonyl (C=O) groups excluding carboxylic acids is 1. The van der Waals surface area contributed by atoms with Crippen LogP contribution in [0.5, 0.6) is 11.5 Å². The molecule has 6 nitrogen and oxygen atoms in total. The van der Waals surface area contributed by atoms with E-state index in [0.717, 1.165) is 11.1 Å². The van der Waals surface area contributed by atoms with Gasteiger partial charge < -0.3 is 19.3 Å². The summed E-state index contributed by atoms with van der Waals surface area (Å²) in [6.07, 6.45) is 2.19. The lowest BCUT2D eigenvalue weighted by atomic mass is 10.1. The number of methoxy groups -OCH3 is 2. The molecule has 1 unspecified atom stereocenters. The molecule has 0 bridgehead atoms. The number of ether oxygens (including phenoxy) is 3. The fraction of sp³-hybridized carbons (Fsp3) is 0.273. The van der Waals surface area contributed by atoms with Crippen LogP contribution >= 0.6 is 0 Å². The van der Waals surface area contributed by atoms with Crippen LogP contribution in [0.1, 0.15) is 16.7 Å². The Morgan fingerprint density at radius 3 is 2.25 bits per heavy atom. The van der Waals surface area contributed by atoms with Crippen LogP contribution < -0.4 is 9.47 Å². The van der Waals surface area contributed by atoms with Crippen LogP contribution in [-0.2, 0) is 27.2 Å². The average molecular weight is 384 g/mol. The molecule has 28 heavy (non-hydrogen) atoms. The van der Waals surface area contributed by atoms with Gasteiger partial charge in [0, 0.05) is 12.5 Å². The molecule has 2 rings (SSSR count). The van der Waals surface area contributed by atoms with Crippen LogP contribution in [0.4, 0.5) is 0 Å². The number of hydrogen-bond donors (Lipinski definition) is 1. The van der Waals surface area contributed by atoms with Crippen LogP contribution in [0.25, 0.3) is 0 Å². The van der Waals surface area contributed by atoms with E-state index in [1.165, 1.54) is 20.3 Å². The fourth-order valence-electron chi connectivity index (χ4n) is 2.60. The summed E-state index contributed by atoms with van der Waals surface area (Å²) in [5.74, 6) is -0.891. The Balaban J connectivity index is 1.98. The van der Waals surface area contributed by atoms with Crippen LogP contribution in [0, 0.1) is 6.92 Å². The second-order valence-corrected chi connectivity index (χ2v) is 6.25. The number of carboxylic acids is 1. The molecule has 0 saturated carbocycles. The third-order valence-electron chi connectivity index (χ3n) is 4.13. The summed E-state index contributed by atoms with van der Waals surface area (Å²) in [5.41, 5.74) is 2.86. The van der Waals surface area contributed by atoms with E-state index in [-0.39, 0.29) is 6.42 Å². The Kier molecular flexibility index (Phi) is 7.63. The Morgan fingerprint density at radius 1 is 1.00 bits per heavy atom. The highest BCUT2D eigenvalue weighted by molar-refractivity contribution is 5.85. The molecular weight excluding hydrogens is 360 g/mol. The zero-order valence-electron chi connectivity index (χ0n) is 16.2. The van der Waals surface area contributed by atoms with E-state index in [1.54, 1.807) is 24.3 Å². The Hall–Kier alpha value is -3.28. The predicted molar refractivity (Wildman–Crippen MR) is 105 cm³/mol. The van der Waals surface area contributed by atoms with Gasteiger partial charge in [0.2, 0.25) is 6.10 Å². The second kappa shape index (κ2) is 10.2. The highest BCUT2D eigenvalue weighted by Gasteiger charge is 2.22. The average Bonchev–Trinajstić information content (AvgIpc) is 2.68. The molecule has 1 N–H and O–H groups in total. The van der Waals surface area contributed by atoms with Crippen molar-refractivity contribution in [1.29, 1.82) is 0 Å². The number of hydrogen-bond acceptors (Lipinski definition) is 5. The summed E-state index contributed by atoms with van der Waals surface area (Å²) < 4.78 is 15.5. The molecule has 0 radical (unpaired) electrons. The van der Waals surface area contributed by atoms with E-state index >= 15 is 0 Å². The normalized spacial score (nSPS) is 11.8. The number of rotatable bonds is 9. The number of allylic oxidation sites excluding steroid dienone is 1. The summed E-state index contributed by atoms with van der Waals surface area (Å²) in [5, 5.41) is 9.38. The third kappa shape index (κ3) is 6.16. The molecule has 0 saturated heterocycles. The molecule has 0 fully saturated rings. The van der Waals surface area contributed by atoms with Crippen molar-refractivity contribution in [2.75, 3.05) is 14.2 Å². The van der Waals surface area contributed by atoms with E-state index in [4.69, 9.17) is 14.2 Å². The Labute approximate surface area is 164 Å². The largest absolute Gasteiger partial charge is 0.493 e. The van der Waals surface area contributed by atoms with Crippen molar-refractivity contribution in [2.24, 2.45) is 0 Å². The number of esters is 1. The van der Waals surface area contributed by atoms with Crippen molar-refractivity contribution in [1.82, 2.24) is 0 Å². The molecule has 2 aromatic rings. The summed E-state index contributed by atoms with van der Waals surface area (Å²) in [7, 11) is 3.01. The molecule has 0 amide bonds. The number of aliphatic carboxylic acids is 1. The van der Waals surface area contributed by atoms with E-state index in [1.807, 2.05) is 31.2 Å². The molecule has 2 aromatic carbocycles. The van der Waals surface area contributed by atoms with Crippen molar-refractivity contribution in [3.63, 3.8) is 0 Å². The maximum absolute atomic E-state index is 12.0. The van der Waals surface area contributed by atoms with Crippen LogP contribution in [-0.4, -0.2) is 37.4 Å². The topological polar surface area (TPSA) is 82.1 Å². The van der Waals surface area contributed by atoms with Crippen molar-refractivity contribution in [3.8, 4) is 11.5 Å². The Morgan fingerprint density at radius 2 is 1.64 bits per heavy atom. The van der Waals surface area contributed by atoms with Gasteiger partial charge in [-0.25, -0.2) is 9.59 Å². The highest BCUT2D eigenvalue weighted by Crippen LogP contribution is 2.28. The van der Waals surface area contributed by atoms with Gasteiger partial charge in [-0.15, -0.1) is 0 Å². The standard InChI is InChI=1S/C22H24O6/c1-15-7-9-16(10-8-15)5-4-6-21(23)28-20(22(24)25)14-17-11-12-18(26-2)19(13-17)27-3/h4,6-13,20H,5,14H2,1-3H3,(H,24,25)/b6-4+. The number of carboxylic acid groups (broad SMARTS) is 1. The number of carbonyl (C=O) groups is 2. The van der Waals surface area contributed by atoms with Gasteiger partial charge in [0.15, 0.2) is 11.5 Å². The predicted octanol–water partition coefficient (Wildman–Crippen LogP) is 3.35. The van der Waals surface area contributed by atoms with E-state index in [9.17, 15) is 14.7 Å². The maximum Gasteiger partial charge on any atom is 0.345 e. The summed E-state index contributed by atoms with van der Waals surface area (Å²) in [6, 6.07) is 13.0. The van der Waals surface area contributed by atoms with Crippen LogP contribution in [0.2, 0.25) is 0 Å². The van der Waals surface area contributed by atoms with E-state index < -0.39 is 18.0 Å². The van der Waals surface area contributed by atoms with Gasteiger partial charge in [-0.3, -0.25) is 0 Å². The summed E-state index contributed by atoms with van der Waals surface area (Å²) >= 11 is 0. The van der Waals surface area contributed by atoms with Crippen molar-refractivity contribution < 1.29 is 28.9 Å². The molecule has 1 atom stereocenters. The first kappa shape index (κ1) is 21.0. The van der Waals surface area contributed by atoms with Crippen LogP contribution in [0.3, 0.4) is 0 Å². The Bertz CT molecular complexity index is 839. The second-order valence-electron chi connectivity index (χ2n) is 6.25. The van der Waals surface area contributed by atoms with Gasteiger partial charge in [-0.2, -0.15) is 0 Å². The SMILES string of the molecule is COc1ccc(CC(OC(=O)/C=C/Cc2ccc(C)cc2)C(=O)O)cc1OC. The number of benzene rings is 2. The van der Waals surface area contributed by atoms with Gasteiger partial charge in [-0.1, -0.05) is 42.0 Å². The highest BCUT2D eigenvalue weighted by atomic mass is 16.6. The zero-order chi connectivity index (χ0) is 20.5. The van der Waals surface area contributed by atoms with E-state index in [0.29, 0.717) is 23.5 Å². The molecule has 0 aromatic heterocycles. The minimum Gasteiger partial charge on any atom is -0.493 e. The lowest BCUT2D eigenvalue weighted by Gasteiger charge is -2.14. The smallest absolute Gasteiger partial charge is 0.345 e. The maximum atomic E-state index is 12.0. The molecular formula is C22H24O6. The van der Waals surface area contributed by atoms with Gasteiger partial charge in [0.05, 0.1) is 14.2 Å². The molecule has 6 heteroatoms. The lowest BCUT2D eigenvalue weighted by molar-refractivity contribution is -0.160. The number of aryl methyl sites for hydroxylation is 1. The summed E-state index contributed by atoms with van der Waals surface area (Å²) in [6.45, 7) is 2.00. The fourth-order valence-corrected chi connectivity index (χ4v) is 2.60. The molecule has 0 aliphatic carbocycles. The van der Waals surface area contributed by atoms with Gasteiger partial charge in [0.25, 0.3) is 0 Å². The minimum absolute atomic E-state index is 0.0211. The minimum atomic E-state index is -1.30. The lowest BCUT2D eigenvalue weighted by Crippen LogP contribution is -2.28.